The van der Waals surface area contributed by atoms with Gasteiger partial charge < -0.3 is 25.2 Å². The molecule has 0 atom stereocenters. The largest absolute Gasteiger partial charge is 0.496 e. The molecule has 0 spiro atoms. The van der Waals surface area contributed by atoms with Crippen LogP contribution >= 0.6 is 0 Å². The quantitative estimate of drug-likeness (QED) is 0.221. The second-order valence-electron chi connectivity index (χ2n) is 8.70. The fraction of sp³-hybridized carbons (Fsp3) is 0.133. The molecule has 206 valence electrons. The Bertz CT molecular complexity index is 1620. The summed E-state index contributed by atoms with van der Waals surface area (Å²) < 4.78 is 37.7. The summed E-state index contributed by atoms with van der Waals surface area (Å²) in [6.45, 7) is 0. The number of carboxylic acid groups (broad SMARTS) is 1. The predicted octanol–water partition coefficient (Wildman–Crippen LogP) is 5.86. The lowest BCUT2D eigenvalue weighted by molar-refractivity contribution is -0.136. The Morgan fingerprint density at radius 2 is 1.40 bits per heavy atom. The van der Waals surface area contributed by atoms with Gasteiger partial charge in [0.25, 0.3) is 0 Å². The van der Waals surface area contributed by atoms with Crippen LogP contribution in [-0.2, 0) is 21.1 Å². The number of nitrogens with one attached hydrogen (secondary N) is 2. The molecule has 3 N–H and O–H groups in total. The number of sulfone groups is 1. The summed E-state index contributed by atoms with van der Waals surface area (Å²) in [4.78, 5) is 24.5. The van der Waals surface area contributed by atoms with E-state index in [9.17, 15) is 18.0 Å². The van der Waals surface area contributed by atoms with Crippen LogP contribution in [-0.4, -0.2) is 39.7 Å². The first-order valence-electron chi connectivity index (χ1n) is 12.3. The van der Waals surface area contributed by atoms with E-state index in [1.807, 2.05) is 0 Å². The Morgan fingerprint density at radius 3 is 2.05 bits per heavy atom. The molecule has 10 heteroatoms. The van der Waals surface area contributed by atoms with E-state index in [0.717, 1.165) is 0 Å². The van der Waals surface area contributed by atoms with Crippen molar-refractivity contribution < 1.29 is 32.6 Å². The van der Waals surface area contributed by atoms with Crippen LogP contribution in [0.25, 0.3) is 11.1 Å². The van der Waals surface area contributed by atoms with Gasteiger partial charge in [-0.2, -0.15) is 0 Å². The van der Waals surface area contributed by atoms with Crippen molar-refractivity contribution in [2.45, 2.75) is 22.6 Å². The van der Waals surface area contributed by atoms with Crippen molar-refractivity contribution >= 4 is 33.2 Å². The van der Waals surface area contributed by atoms with E-state index in [-0.39, 0.29) is 28.3 Å². The topological polar surface area (TPSA) is 131 Å². The first-order valence-corrected chi connectivity index (χ1v) is 13.8. The smallest absolute Gasteiger partial charge is 0.323 e. The van der Waals surface area contributed by atoms with E-state index in [0.29, 0.717) is 33.9 Å². The van der Waals surface area contributed by atoms with Crippen molar-refractivity contribution in [2.75, 3.05) is 24.9 Å². The number of hydrogen-bond acceptors (Lipinski definition) is 6. The highest BCUT2D eigenvalue weighted by molar-refractivity contribution is 7.91. The lowest BCUT2D eigenvalue weighted by Gasteiger charge is -2.18. The molecule has 4 rings (SSSR count). The molecule has 40 heavy (non-hydrogen) atoms. The number of amides is 2. The van der Waals surface area contributed by atoms with Gasteiger partial charge in [-0.05, 0) is 54.4 Å². The monoisotopic (exact) mass is 560 g/mol. The molecular formula is C30H28N2O7S. The highest BCUT2D eigenvalue weighted by Crippen LogP contribution is 2.42. The zero-order chi connectivity index (χ0) is 28.7. The van der Waals surface area contributed by atoms with E-state index >= 15 is 0 Å². The van der Waals surface area contributed by atoms with Gasteiger partial charge in [-0.1, -0.05) is 48.5 Å². The van der Waals surface area contributed by atoms with Gasteiger partial charge in [-0.15, -0.1) is 0 Å². The number of carbonyl (C=O) groups excluding carboxylic acids is 1. The van der Waals surface area contributed by atoms with E-state index in [1.165, 1.54) is 38.5 Å². The molecule has 0 fully saturated rings. The lowest BCUT2D eigenvalue weighted by Crippen LogP contribution is -2.21. The molecule has 0 bridgehead atoms. The van der Waals surface area contributed by atoms with Gasteiger partial charge in [0.05, 0.1) is 40.9 Å². The summed E-state index contributed by atoms with van der Waals surface area (Å²) in [5.74, 6) is 0.0553. The van der Waals surface area contributed by atoms with E-state index in [1.54, 1.807) is 66.7 Å². The number of carboxylic acids is 1. The van der Waals surface area contributed by atoms with Crippen LogP contribution in [0.15, 0.2) is 101 Å². The number of ether oxygens (including phenoxy) is 2. The number of aliphatic carboxylic acids is 1. The van der Waals surface area contributed by atoms with Crippen LogP contribution in [0.5, 0.6) is 11.5 Å². The first-order chi connectivity index (χ1) is 19.2. The van der Waals surface area contributed by atoms with Gasteiger partial charge in [0.1, 0.15) is 11.5 Å². The summed E-state index contributed by atoms with van der Waals surface area (Å²) >= 11 is 0. The molecule has 0 aliphatic heterocycles. The molecule has 0 aliphatic carbocycles. The number of methoxy groups -OCH3 is 2. The van der Waals surface area contributed by atoms with E-state index < -0.39 is 21.8 Å². The van der Waals surface area contributed by atoms with Gasteiger partial charge >= 0.3 is 12.0 Å². The second-order valence-corrected chi connectivity index (χ2v) is 10.6. The van der Waals surface area contributed by atoms with Crippen LogP contribution in [0, 0.1) is 0 Å². The number of aryl methyl sites for hydroxylation is 1. The minimum Gasteiger partial charge on any atom is -0.496 e. The molecule has 9 nitrogen and oxygen atoms in total. The summed E-state index contributed by atoms with van der Waals surface area (Å²) in [6.07, 6.45) is 0.154. The summed E-state index contributed by atoms with van der Waals surface area (Å²) in [6, 6.07) is 23.9. The number of anilines is 2. The molecule has 0 unspecified atom stereocenters. The van der Waals surface area contributed by atoms with Crippen LogP contribution in [0.2, 0.25) is 0 Å². The van der Waals surface area contributed by atoms with Crippen molar-refractivity contribution in [3.05, 3.63) is 96.6 Å². The highest BCUT2D eigenvalue weighted by Gasteiger charge is 2.23. The van der Waals surface area contributed by atoms with Gasteiger partial charge in [-0.25, -0.2) is 13.2 Å². The van der Waals surface area contributed by atoms with Crippen LogP contribution < -0.4 is 20.1 Å². The maximum Gasteiger partial charge on any atom is 0.323 e. The first kappa shape index (κ1) is 28.2. The number of para-hydroxylation sites is 1. The maximum atomic E-state index is 13.3. The molecule has 0 aromatic heterocycles. The van der Waals surface area contributed by atoms with Gasteiger partial charge in [0.2, 0.25) is 9.84 Å². The summed E-state index contributed by atoms with van der Waals surface area (Å²) in [7, 11) is -0.876. The van der Waals surface area contributed by atoms with E-state index in [2.05, 4.69) is 10.6 Å². The fourth-order valence-electron chi connectivity index (χ4n) is 4.24. The average molecular weight is 561 g/mol. The second kappa shape index (κ2) is 12.4. The molecule has 0 saturated carbocycles. The number of carbonyl (C=O) groups is 2. The average Bonchev–Trinajstić information content (AvgIpc) is 2.96. The predicted molar refractivity (Wildman–Crippen MR) is 152 cm³/mol. The van der Waals surface area contributed by atoms with Crippen LogP contribution in [0.3, 0.4) is 0 Å². The molecular weight excluding hydrogens is 532 g/mol. The zero-order valence-corrected chi connectivity index (χ0v) is 22.7. The SMILES string of the molecule is COc1cccc(OC)c1-c1ccc(CCC(=O)O)cc1NC(=O)Nc1ccccc1S(=O)(=O)c1ccccc1. The number of benzene rings is 4. The van der Waals surface area contributed by atoms with Crippen LogP contribution in [0.4, 0.5) is 16.2 Å². The Hall–Kier alpha value is -4.83. The zero-order valence-electron chi connectivity index (χ0n) is 21.9. The van der Waals surface area contributed by atoms with Gasteiger partial charge in [0, 0.05) is 12.0 Å². The maximum absolute atomic E-state index is 13.3. The summed E-state index contributed by atoms with van der Waals surface area (Å²) in [5.41, 5.74) is 2.28. The third-order valence-corrected chi connectivity index (χ3v) is 7.96. The van der Waals surface area contributed by atoms with Gasteiger partial charge in [0.15, 0.2) is 0 Å². The van der Waals surface area contributed by atoms with Crippen molar-refractivity contribution in [3.8, 4) is 22.6 Å². The van der Waals surface area contributed by atoms with Gasteiger partial charge in [-0.3, -0.25) is 4.79 Å². The Kier molecular flexibility index (Phi) is 8.70. The number of rotatable bonds is 10. The molecule has 2 amide bonds. The highest BCUT2D eigenvalue weighted by atomic mass is 32.2. The Labute approximate surface area is 232 Å². The minimum atomic E-state index is -3.91. The standard InChI is InChI=1S/C30H28N2O7S/c1-38-25-12-8-13-26(39-2)29(25)22-17-15-20(16-18-28(33)34)19-24(22)32-30(35)31-23-11-6-7-14-27(23)40(36,37)21-9-4-3-5-10-21/h3-15,17,19H,16,18H2,1-2H3,(H,33,34)(H2,31,32,35). The van der Waals surface area contributed by atoms with Crippen molar-refractivity contribution in [1.82, 2.24) is 0 Å². The molecule has 4 aromatic carbocycles. The molecule has 0 saturated heterocycles. The lowest BCUT2D eigenvalue weighted by atomic mass is 9.98. The third-order valence-electron chi connectivity index (χ3n) is 6.14. The van der Waals surface area contributed by atoms with Crippen LogP contribution in [0.1, 0.15) is 12.0 Å². The Balaban J connectivity index is 1.72. The summed E-state index contributed by atoms with van der Waals surface area (Å²) in [5, 5.41) is 14.6. The third kappa shape index (κ3) is 6.24. The normalized spacial score (nSPS) is 10.9. The van der Waals surface area contributed by atoms with Crippen molar-refractivity contribution in [2.24, 2.45) is 0 Å². The fourth-order valence-corrected chi connectivity index (χ4v) is 5.68. The number of urea groups is 1. The molecule has 4 aromatic rings. The number of hydrogen-bond donors (Lipinski definition) is 3. The van der Waals surface area contributed by atoms with E-state index in [4.69, 9.17) is 14.6 Å². The van der Waals surface area contributed by atoms with Crippen molar-refractivity contribution in [1.29, 1.82) is 0 Å². The Morgan fingerprint density at radius 1 is 0.775 bits per heavy atom. The molecule has 0 heterocycles. The van der Waals surface area contributed by atoms with Crippen molar-refractivity contribution in [3.63, 3.8) is 0 Å². The molecule has 0 radical (unpaired) electrons. The molecule has 0 aliphatic rings. The minimum absolute atomic E-state index is 0.0572.